The number of hydrogen-bond donors (Lipinski definition) is 1. The smallest absolute Gasteiger partial charge is 0.262 e. The number of benzene rings is 2. The largest absolute Gasteiger partial charge is 0.493 e. The number of anilines is 1. The van der Waals surface area contributed by atoms with E-state index in [0.29, 0.717) is 16.0 Å². The van der Waals surface area contributed by atoms with Crippen molar-refractivity contribution in [3.05, 3.63) is 51.0 Å². The molecule has 1 aliphatic heterocycles. The molecule has 1 saturated heterocycles. The van der Waals surface area contributed by atoms with Gasteiger partial charge in [-0.15, -0.1) is 0 Å². The van der Waals surface area contributed by atoms with Crippen LogP contribution in [0.4, 0.5) is 5.69 Å². The number of nitrogens with zero attached hydrogens (tertiary/aromatic N) is 1. The van der Waals surface area contributed by atoms with Crippen molar-refractivity contribution in [2.45, 2.75) is 46.8 Å². The highest BCUT2D eigenvalue weighted by Gasteiger charge is 2.26. The molecule has 0 spiro atoms. The molecule has 0 aliphatic carbocycles. The van der Waals surface area contributed by atoms with E-state index in [4.69, 9.17) is 26.4 Å². The molecule has 33 heavy (non-hydrogen) atoms. The molecule has 0 saturated carbocycles. The monoisotopic (exact) mass is 534 g/mol. The van der Waals surface area contributed by atoms with Gasteiger partial charge in [0, 0.05) is 24.3 Å². The number of amides is 1. The number of rotatable bonds is 6. The molecule has 8 heteroatoms. The summed E-state index contributed by atoms with van der Waals surface area (Å²) < 4.78 is 17.9. The standard InChI is InChI=1S/C25H31BrN2O4S/c1-14-7-15(2)23(16(3)8-14)27-22(29)13-31-24-20(26)9-19(10-21(24)30-6)25(33)28-11-17(4)32-18(5)12-28/h7-10,17-18H,11-13H2,1-6H3,(H,27,29)/t17-,18-/m0/s1. The number of carbonyl (C=O) groups excluding carboxylic acids is 1. The highest BCUT2D eigenvalue weighted by molar-refractivity contribution is 9.10. The van der Waals surface area contributed by atoms with E-state index in [2.05, 4.69) is 26.1 Å². The fourth-order valence-corrected chi connectivity index (χ4v) is 5.02. The lowest BCUT2D eigenvalue weighted by molar-refractivity contribution is -0.118. The average Bonchev–Trinajstić information content (AvgIpc) is 2.73. The van der Waals surface area contributed by atoms with Crippen LogP contribution in [0.25, 0.3) is 0 Å². The molecule has 0 aromatic heterocycles. The normalized spacial score (nSPS) is 18.1. The number of nitrogens with one attached hydrogen (secondary N) is 1. The SMILES string of the molecule is COc1cc(C(=S)N2C[C@H](C)O[C@@H](C)C2)cc(Br)c1OCC(=O)Nc1c(C)cc(C)cc1C. The maximum atomic E-state index is 12.6. The Morgan fingerprint density at radius 1 is 1.15 bits per heavy atom. The molecule has 1 N–H and O–H groups in total. The third-order valence-electron chi connectivity index (χ3n) is 5.47. The van der Waals surface area contributed by atoms with Crippen LogP contribution in [0.5, 0.6) is 11.5 Å². The number of halogens is 1. The van der Waals surface area contributed by atoms with E-state index in [1.54, 1.807) is 7.11 Å². The van der Waals surface area contributed by atoms with Crippen molar-refractivity contribution in [3.63, 3.8) is 0 Å². The number of methoxy groups -OCH3 is 1. The van der Waals surface area contributed by atoms with Crippen LogP contribution in [-0.2, 0) is 9.53 Å². The second-order valence-electron chi connectivity index (χ2n) is 8.57. The first-order valence-electron chi connectivity index (χ1n) is 10.9. The van der Waals surface area contributed by atoms with Gasteiger partial charge in [-0.3, -0.25) is 4.79 Å². The third kappa shape index (κ3) is 6.25. The summed E-state index contributed by atoms with van der Waals surface area (Å²) in [6.07, 6.45) is 0.220. The minimum atomic E-state index is -0.241. The van der Waals surface area contributed by atoms with Gasteiger partial charge in [0.25, 0.3) is 5.91 Å². The van der Waals surface area contributed by atoms with Crippen molar-refractivity contribution in [2.24, 2.45) is 0 Å². The number of thiocarbonyl (C=S) groups is 1. The van der Waals surface area contributed by atoms with Crippen molar-refractivity contribution in [3.8, 4) is 11.5 Å². The molecular weight excluding hydrogens is 504 g/mol. The zero-order chi connectivity index (χ0) is 24.3. The van der Waals surface area contributed by atoms with Crippen LogP contribution in [0.15, 0.2) is 28.7 Å². The lowest BCUT2D eigenvalue weighted by Crippen LogP contribution is -2.47. The lowest BCUT2D eigenvalue weighted by Gasteiger charge is -2.37. The van der Waals surface area contributed by atoms with Crippen LogP contribution < -0.4 is 14.8 Å². The summed E-state index contributed by atoms with van der Waals surface area (Å²) in [6, 6.07) is 7.83. The number of aryl methyl sites for hydroxylation is 3. The Hall–Kier alpha value is -2.16. The number of hydrogen-bond acceptors (Lipinski definition) is 5. The molecule has 2 atom stereocenters. The summed E-state index contributed by atoms with van der Waals surface area (Å²) in [5, 5.41) is 2.95. The molecule has 1 aliphatic rings. The van der Waals surface area contributed by atoms with E-state index in [1.165, 1.54) is 0 Å². The molecular formula is C25H31BrN2O4S. The number of carbonyl (C=O) groups is 1. The minimum Gasteiger partial charge on any atom is -0.493 e. The zero-order valence-electron chi connectivity index (χ0n) is 20.0. The molecule has 2 aromatic carbocycles. The van der Waals surface area contributed by atoms with Gasteiger partial charge in [0.05, 0.1) is 23.8 Å². The maximum absolute atomic E-state index is 12.6. The number of ether oxygens (including phenoxy) is 3. The Bertz CT molecular complexity index is 1030. The van der Waals surface area contributed by atoms with Crippen LogP contribution in [0.1, 0.15) is 36.1 Å². The average molecular weight is 536 g/mol. The molecule has 2 aromatic rings. The van der Waals surface area contributed by atoms with Crippen LogP contribution in [0.2, 0.25) is 0 Å². The predicted molar refractivity (Wildman–Crippen MR) is 139 cm³/mol. The van der Waals surface area contributed by atoms with E-state index in [1.807, 2.05) is 58.9 Å². The Labute approximate surface area is 209 Å². The molecule has 1 fully saturated rings. The van der Waals surface area contributed by atoms with E-state index in [9.17, 15) is 4.79 Å². The molecule has 0 bridgehead atoms. The Balaban J connectivity index is 1.72. The van der Waals surface area contributed by atoms with Crippen LogP contribution >= 0.6 is 28.1 Å². The van der Waals surface area contributed by atoms with E-state index < -0.39 is 0 Å². The van der Waals surface area contributed by atoms with Crippen molar-refractivity contribution in [2.75, 3.05) is 32.1 Å². The first-order chi connectivity index (χ1) is 15.6. The van der Waals surface area contributed by atoms with Crippen molar-refractivity contribution >= 4 is 44.7 Å². The van der Waals surface area contributed by atoms with Gasteiger partial charge in [0.15, 0.2) is 18.1 Å². The topological polar surface area (TPSA) is 60.0 Å². The summed E-state index contributed by atoms with van der Waals surface area (Å²) in [4.78, 5) is 15.5. The van der Waals surface area contributed by atoms with Gasteiger partial charge in [0.2, 0.25) is 0 Å². The molecule has 3 rings (SSSR count). The van der Waals surface area contributed by atoms with Crippen LogP contribution in [0.3, 0.4) is 0 Å². The summed E-state index contributed by atoms with van der Waals surface area (Å²) in [5.41, 5.74) is 4.85. The Morgan fingerprint density at radius 3 is 2.33 bits per heavy atom. The summed E-state index contributed by atoms with van der Waals surface area (Å²) in [7, 11) is 1.57. The van der Waals surface area contributed by atoms with E-state index >= 15 is 0 Å². The van der Waals surface area contributed by atoms with Gasteiger partial charge in [-0.05, 0) is 73.8 Å². The fraction of sp³-hybridized carbons (Fsp3) is 0.440. The first kappa shape index (κ1) is 25.5. The molecule has 0 radical (unpaired) electrons. The van der Waals surface area contributed by atoms with Gasteiger partial charge in [-0.1, -0.05) is 29.9 Å². The molecule has 1 heterocycles. The van der Waals surface area contributed by atoms with Gasteiger partial charge < -0.3 is 24.4 Å². The second kappa shape index (κ2) is 10.8. The molecule has 0 unspecified atom stereocenters. The quantitative estimate of drug-likeness (QED) is 0.515. The molecule has 178 valence electrons. The maximum Gasteiger partial charge on any atom is 0.262 e. The van der Waals surface area contributed by atoms with Crippen LogP contribution in [0, 0.1) is 20.8 Å². The van der Waals surface area contributed by atoms with Gasteiger partial charge >= 0.3 is 0 Å². The predicted octanol–water partition coefficient (Wildman–Crippen LogP) is 5.19. The summed E-state index contributed by atoms with van der Waals surface area (Å²) >= 11 is 9.32. The Morgan fingerprint density at radius 2 is 1.76 bits per heavy atom. The van der Waals surface area contributed by atoms with Gasteiger partial charge in [-0.25, -0.2) is 0 Å². The number of morpholine rings is 1. The van der Waals surface area contributed by atoms with Gasteiger partial charge in [-0.2, -0.15) is 0 Å². The summed E-state index contributed by atoms with van der Waals surface area (Å²) in [6.45, 7) is 11.4. The van der Waals surface area contributed by atoms with Crippen molar-refractivity contribution < 1.29 is 19.0 Å². The molecule has 1 amide bonds. The van der Waals surface area contributed by atoms with Crippen molar-refractivity contribution in [1.29, 1.82) is 0 Å². The lowest BCUT2D eigenvalue weighted by atomic mass is 10.1. The third-order valence-corrected chi connectivity index (χ3v) is 6.56. The highest BCUT2D eigenvalue weighted by Crippen LogP contribution is 2.37. The van der Waals surface area contributed by atoms with E-state index in [-0.39, 0.29) is 24.7 Å². The fourth-order valence-electron chi connectivity index (χ4n) is 4.20. The van der Waals surface area contributed by atoms with Crippen LogP contribution in [-0.4, -0.2) is 54.8 Å². The second-order valence-corrected chi connectivity index (χ2v) is 9.81. The van der Waals surface area contributed by atoms with Gasteiger partial charge in [0.1, 0.15) is 4.99 Å². The minimum absolute atomic E-state index is 0.110. The van der Waals surface area contributed by atoms with Crippen molar-refractivity contribution in [1.82, 2.24) is 4.90 Å². The zero-order valence-corrected chi connectivity index (χ0v) is 22.4. The summed E-state index contributed by atoms with van der Waals surface area (Å²) in [5.74, 6) is 0.724. The molecule has 6 nitrogen and oxygen atoms in total. The van der Waals surface area contributed by atoms with E-state index in [0.717, 1.165) is 46.0 Å². The highest BCUT2D eigenvalue weighted by atomic mass is 79.9. The Kier molecular flexibility index (Phi) is 8.37. The first-order valence-corrected chi connectivity index (χ1v) is 12.1.